The van der Waals surface area contributed by atoms with Crippen molar-refractivity contribution in [3.63, 3.8) is 0 Å². The third-order valence-electron chi connectivity index (χ3n) is 4.73. The Labute approximate surface area is 148 Å². The molecule has 1 aromatic heterocycles. The van der Waals surface area contributed by atoms with Crippen LogP contribution >= 0.6 is 0 Å². The summed E-state index contributed by atoms with van der Waals surface area (Å²) >= 11 is 0. The molecule has 134 valence electrons. The summed E-state index contributed by atoms with van der Waals surface area (Å²) in [6, 6.07) is 7.75. The van der Waals surface area contributed by atoms with Crippen molar-refractivity contribution in [1.82, 2.24) is 15.0 Å². The molecule has 0 atom stereocenters. The van der Waals surface area contributed by atoms with Crippen molar-refractivity contribution in [3.05, 3.63) is 46.8 Å². The number of hydrogen-bond donors (Lipinski definition) is 0. The topological polar surface area (TPSA) is 58.8 Å². The number of rotatable bonds is 5. The number of aromatic nitrogens is 1. The van der Waals surface area contributed by atoms with Gasteiger partial charge in [0.2, 0.25) is 0 Å². The fourth-order valence-electron chi connectivity index (χ4n) is 3.06. The summed E-state index contributed by atoms with van der Waals surface area (Å²) in [6.45, 7) is 9.94. The van der Waals surface area contributed by atoms with Crippen molar-refractivity contribution in [2.75, 3.05) is 32.8 Å². The van der Waals surface area contributed by atoms with Gasteiger partial charge >= 0.3 is 0 Å². The van der Waals surface area contributed by atoms with Crippen LogP contribution < -0.4 is 4.74 Å². The fourth-order valence-corrected chi connectivity index (χ4v) is 3.06. The molecular formula is C19H25N3O3. The second kappa shape index (κ2) is 7.70. The van der Waals surface area contributed by atoms with Crippen LogP contribution in [0.4, 0.5) is 0 Å². The molecule has 0 unspecified atom stereocenters. The monoisotopic (exact) mass is 343 g/mol. The highest BCUT2D eigenvalue weighted by Gasteiger charge is 2.23. The normalized spacial score (nSPS) is 15.4. The van der Waals surface area contributed by atoms with Gasteiger partial charge in [0, 0.05) is 38.3 Å². The first-order valence-electron chi connectivity index (χ1n) is 8.65. The van der Waals surface area contributed by atoms with Crippen molar-refractivity contribution >= 4 is 5.91 Å². The van der Waals surface area contributed by atoms with Crippen LogP contribution in [0.25, 0.3) is 0 Å². The van der Waals surface area contributed by atoms with E-state index in [0.717, 1.165) is 61.1 Å². The van der Waals surface area contributed by atoms with E-state index in [0.29, 0.717) is 0 Å². The molecule has 0 bridgehead atoms. The quantitative estimate of drug-likeness (QED) is 0.834. The molecule has 25 heavy (non-hydrogen) atoms. The minimum Gasteiger partial charge on any atom is -0.484 e. The lowest BCUT2D eigenvalue weighted by atomic mass is 10.2. The molecule has 0 aliphatic carbocycles. The van der Waals surface area contributed by atoms with Gasteiger partial charge in [-0.1, -0.05) is 23.4 Å². The van der Waals surface area contributed by atoms with Gasteiger partial charge in [0.25, 0.3) is 5.91 Å². The number of piperazine rings is 1. The molecule has 2 heterocycles. The third-order valence-corrected chi connectivity index (χ3v) is 4.73. The van der Waals surface area contributed by atoms with Gasteiger partial charge in [-0.3, -0.25) is 9.69 Å². The van der Waals surface area contributed by atoms with Crippen LogP contribution in [0, 0.1) is 20.8 Å². The Morgan fingerprint density at radius 3 is 2.52 bits per heavy atom. The Hall–Kier alpha value is -2.34. The first kappa shape index (κ1) is 17.5. The predicted molar refractivity (Wildman–Crippen MR) is 94.5 cm³/mol. The zero-order valence-electron chi connectivity index (χ0n) is 15.1. The van der Waals surface area contributed by atoms with E-state index in [-0.39, 0.29) is 12.5 Å². The van der Waals surface area contributed by atoms with Gasteiger partial charge in [0.1, 0.15) is 11.5 Å². The average molecular weight is 343 g/mol. The molecule has 0 spiro atoms. The van der Waals surface area contributed by atoms with Gasteiger partial charge in [-0.2, -0.15) is 0 Å². The first-order chi connectivity index (χ1) is 12.0. The predicted octanol–water partition coefficient (Wildman–Crippen LogP) is 2.32. The van der Waals surface area contributed by atoms with Gasteiger partial charge in [0.15, 0.2) is 6.61 Å². The van der Waals surface area contributed by atoms with Gasteiger partial charge < -0.3 is 14.2 Å². The van der Waals surface area contributed by atoms with E-state index in [1.807, 2.05) is 49.9 Å². The Morgan fingerprint density at radius 1 is 1.16 bits per heavy atom. The maximum atomic E-state index is 12.4. The molecular weight excluding hydrogens is 318 g/mol. The molecule has 1 amide bonds. The number of carbonyl (C=O) groups is 1. The fraction of sp³-hybridized carbons (Fsp3) is 0.474. The highest BCUT2D eigenvalue weighted by Crippen LogP contribution is 2.18. The number of amides is 1. The van der Waals surface area contributed by atoms with Crippen LogP contribution in [-0.4, -0.2) is 53.6 Å². The third kappa shape index (κ3) is 4.20. The molecule has 1 saturated heterocycles. The lowest BCUT2D eigenvalue weighted by Gasteiger charge is -2.34. The number of hydrogen-bond acceptors (Lipinski definition) is 5. The molecule has 1 fully saturated rings. The lowest BCUT2D eigenvalue weighted by Crippen LogP contribution is -2.49. The Balaban J connectivity index is 1.47. The molecule has 6 heteroatoms. The van der Waals surface area contributed by atoms with Gasteiger partial charge in [-0.15, -0.1) is 0 Å². The SMILES string of the molecule is Cc1ccccc1OCC(=O)N1CCN(Cc2c(C)noc2C)CC1. The largest absolute Gasteiger partial charge is 0.484 e. The average Bonchev–Trinajstić information content (AvgIpc) is 2.93. The zero-order valence-corrected chi connectivity index (χ0v) is 15.1. The summed E-state index contributed by atoms with van der Waals surface area (Å²) < 4.78 is 10.9. The zero-order chi connectivity index (χ0) is 17.8. The van der Waals surface area contributed by atoms with E-state index in [2.05, 4.69) is 10.1 Å². The number of nitrogens with zero attached hydrogens (tertiary/aromatic N) is 3. The second-order valence-corrected chi connectivity index (χ2v) is 6.51. The standard InChI is InChI=1S/C19H25N3O3/c1-14-6-4-5-7-18(14)24-13-19(23)22-10-8-21(9-11-22)12-17-15(2)20-25-16(17)3/h4-7H,8-13H2,1-3H3. The summed E-state index contributed by atoms with van der Waals surface area (Å²) in [5.41, 5.74) is 3.14. The number of para-hydroxylation sites is 1. The number of carbonyl (C=O) groups excluding carboxylic acids is 1. The molecule has 1 aliphatic heterocycles. The molecule has 1 aromatic carbocycles. The van der Waals surface area contributed by atoms with E-state index < -0.39 is 0 Å². The van der Waals surface area contributed by atoms with E-state index in [4.69, 9.17) is 9.26 Å². The van der Waals surface area contributed by atoms with Crippen LogP contribution in [0.2, 0.25) is 0 Å². The smallest absolute Gasteiger partial charge is 0.260 e. The Bertz CT molecular complexity index is 714. The van der Waals surface area contributed by atoms with Crippen molar-refractivity contribution in [3.8, 4) is 5.75 Å². The van der Waals surface area contributed by atoms with Gasteiger partial charge in [-0.25, -0.2) is 0 Å². The molecule has 0 N–H and O–H groups in total. The summed E-state index contributed by atoms with van der Waals surface area (Å²) in [6.07, 6.45) is 0. The summed E-state index contributed by atoms with van der Waals surface area (Å²) in [7, 11) is 0. The molecule has 2 aromatic rings. The number of ether oxygens (including phenoxy) is 1. The summed E-state index contributed by atoms with van der Waals surface area (Å²) in [4.78, 5) is 16.6. The van der Waals surface area contributed by atoms with Crippen LogP contribution in [-0.2, 0) is 11.3 Å². The molecule has 3 rings (SSSR count). The maximum Gasteiger partial charge on any atom is 0.260 e. The second-order valence-electron chi connectivity index (χ2n) is 6.51. The van der Waals surface area contributed by atoms with Crippen molar-refractivity contribution < 1.29 is 14.1 Å². The van der Waals surface area contributed by atoms with Crippen molar-refractivity contribution in [1.29, 1.82) is 0 Å². The van der Waals surface area contributed by atoms with E-state index in [9.17, 15) is 4.79 Å². The van der Waals surface area contributed by atoms with E-state index >= 15 is 0 Å². The van der Waals surface area contributed by atoms with Crippen molar-refractivity contribution in [2.45, 2.75) is 27.3 Å². The summed E-state index contributed by atoms with van der Waals surface area (Å²) in [5, 5.41) is 4.00. The maximum absolute atomic E-state index is 12.4. The number of benzene rings is 1. The van der Waals surface area contributed by atoms with Crippen molar-refractivity contribution in [2.24, 2.45) is 0 Å². The van der Waals surface area contributed by atoms with Crippen LogP contribution in [0.5, 0.6) is 5.75 Å². The van der Waals surface area contributed by atoms with Crippen LogP contribution in [0.1, 0.15) is 22.6 Å². The summed E-state index contributed by atoms with van der Waals surface area (Å²) in [5.74, 6) is 1.69. The first-order valence-corrected chi connectivity index (χ1v) is 8.65. The molecule has 0 radical (unpaired) electrons. The molecule has 6 nitrogen and oxygen atoms in total. The van der Waals surface area contributed by atoms with Crippen LogP contribution in [0.15, 0.2) is 28.8 Å². The number of aryl methyl sites for hydroxylation is 3. The minimum absolute atomic E-state index is 0.0419. The lowest BCUT2D eigenvalue weighted by molar-refractivity contribution is -0.135. The van der Waals surface area contributed by atoms with Gasteiger partial charge in [0.05, 0.1) is 5.69 Å². The Kier molecular flexibility index (Phi) is 5.38. The molecule has 1 aliphatic rings. The minimum atomic E-state index is 0.0419. The van der Waals surface area contributed by atoms with E-state index in [1.165, 1.54) is 0 Å². The van der Waals surface area contributed by atoms with Gasteiger partial charge in [-0.05, 0) is 32.4 Å². The highest BCUT2D eigenvalue weighted by atomic mass is 16.5. The Morgan fingerprint density at radius 2 is 1.88 bits per heavy atom. The molecule has 0 saturated carbocycles. The highest BCUT2D eigenvalue weighted by molar-refractivity contribution is 5.78. The van der Waals surface area contributed by atoms with E-state index in [1.54, 1.807) is 0 Å². The van der Waals surface area contributed by atoms with Crippen LogP contribution in [0.3, 0.4) is 0 Å².